The third kappa shape index (κ3) is 4.24. The molecule has 0 aliphatic carbocycles. The van der Waals surface area contributed by atoms with E-state index in [0.29, 0.717) is 28.8 Å². The van der Waals surface area contributed by atoms with Crippen molar-refractivity contribution in [3.63, 3.8) is 0 Å². The van der Waals surface area contributed by atoms with Crippen LogP contribution in [0, 0.1) is 0 Å². The number of anilines is 1. The van der Waals surface area contributed by atoms with Crippen molar-refractivity contribution in [3.8, 4) is 11.5 Å². The molecule has 0 aromatic heterocycles. The summed E-state index contributed by atoms with van der Waals surface area (Å²) >= 11 is 12.1. The average Bonchev–Trinajstić information content (AvgIpc) is 3.13. The van der Waals surface area contributed by atoms with Crippen LogP contribution in [0.1, 0.15) is 5.56 Å². The Kier molecular flexibility index (Phi) is 5.29. The van der Waals surface area contributed by atoms with Crippen molar-refractivity contribution in [1.82, 2.24) is 9.80 Å². The highest BCUT2D eigenvalue weighted by molar-refractivity contribution is 6.35. The van der Waals surface area contributed by atoms with E-state index in [1.807, 2.05) is 18.2 Å². The summed E-state index contributed by atoms with van der Waals surface area (Å²) in [6.07, 6.45) is 0. The van der Waals surface area contributed by atoms with Gasteiger partial charge in [0.2, 0.25) is 6.79 Å². The van der Waals surface area contributed by atoms with Gasteiger partial charge in [0.05, 0.1) is 10.7 Å². The number of nitrogens with one attached hydrogen (secondary N) is 1. The zero-order valence-electron chi connectivity index (χ0n) is 14.6. The van der Waals surface area contributed by atoms with Crippen LogP contribution in [0.2, 0.25) is 10.0 Å². The third-order valence-electron chi connectivity index (χ3n) is 4.67. The number of hydrogen-bond acceptors (Lipinski definition) is 4. The molecule has 142 valence electrons. The van der Waals surface area contributed by atoms with Gasteiger partial charge in [-0.2, -0.15) is 0 Å². The van der Waals surface area contributed by atoms with E-state index in [0.717, 1.165) is 31.1 Å². The first kappa shape index (κ1) is 18.2. The minimum Gasteiger partial charge on any atom is -0.454 e. The second kappa shape index (κ2) is 7.84. The number of urea groups is 1. The smallest absolute Gasteiger partial charge is 0.321 e. The minimum absolute atomic E-state index is 0.165. The molecule has 2 aromatic carbocycles. The fraction of sp³-hybridized carbons (Fsp3) is 0.316. The van der Waals surface area contributed by atoms with Crippen LogP contribution in [0.15, 0.2) is 36.4 Å². The molecule has 0 radical (unpaired) electrons. The molecule has 0 spiro atoms. The Balaban J connectivity index is 1.30. The van der Waals surface area contributed by atoms with Gasteiger partial charge in [-0.1, -0.05) is 29.3 Å². The normalized spacial score (nSPS) is 16.4. The lowest BCUT2D eigenvalue weighted by Crippen LogP contribution is -2.49. The van der Waals surface area contributed by atoms with Crippen LogP contribution >= 0.6 is 23.2 Å². The molecule has 1 N–H and O–H groups in total. The molecule has 0 bridgehead atoms. The molecule has 6 nitrogen and oxygen atoms in total. The highest BCUT2D eigenvalue weighted by atomic mass is 35.5. The maximum atomic E-state index is 12.5. The number of fused-ring (bicyclic) bond motifs is 1. The number of carbonyl (C=O) groups excluding carboxylic acids is 1. The second-order valence-electron chi connectivity index (χ2n) is 6.51. The first-order chi connectivity index (χ1) is 13.1. The number of halogens is 2. The monoisotopic (exact) mass is 407 g/mol. The lowest BCUT2D eigenvalue weighted by atomic mass is 10.1. The molecule has 0 unspecified atom stereocenters. The fourth-order valence-electron chi connectivity index (χ4n) is 3.19. The number of amides is 2. The van der Waals surface area contributed by atoms with Gasteiger partial charge < -0.3 is 19.7 Å². The van der Waals surface area contributed by atoms with Crippen molar-refractivity contribution < 1.29 is 14.3 Å². The second-order valence-corrected chi connectivity index (χ2v) is 7.35. The van der Waals surface area contributed by atoms with E-state index < -0.39 is 0 Å². The summed E-state index contributed by atoms with van der Waals surface area (Å²) in [7, 11) is 0. The molecule has 4 rings (SSSR count). The molecule has 2 amide bonds. The first-order valence-corrected chi connectivity index (χ1v) is 9.46. The first-order valence-electron chi connectivity index (χ1n) is 8.70. The standard InChI is InChI=1S/C19H19Cl2N3O3/c20-14-2-3-15(21)16(10-14)22-19(25)24-7-5-23(6-8-24)11-13-1-4-17-18(9-13)27-12-26-17/h1-4,9-10H,5-8,11-12H2,(H,22,25). The molecule has 2 aliphatic heterocycles. The van der Waals surface area contributed by atoms with Crippen LogP contribution < -0.4 is 14.8 Å². The van der Waals surface area contributed by atoms with Gasteiger partial charge in [-0.3, -0.25) is 4.90 Å². The van der Waals surface area contributed by atoms with Crippen molar-refractivity contribution >= 4 is 34.9 Å². The van der Waals surface area contributed by atoms with Gasteiger partial charge in [0.1, 0.15) is 0 Å². The maximum absolute atomic E-state index is 12.5. The molecule has 8 heteroatoms. The van der Waals surface area contributed by atoms with Crippen LogP contribution in [0.4, 0.5) is 10.5 Å². The van der Waals surface area contributed by atoms with E-state index >= 15 is 0 Å². The van der Waals surface area contributed by atoms with Gasteiger partial charge >= 0.3 is 6.03 Å². The number of rotatable bonds is 3. The van der Waals surface area contributed by atoms with Gasteiger partial charge in [0, 0.05) is 37.7 Å². The quantitative estimate of drug-likeness (QED) is 0.832. The Bertz CT molecular complexity index is 854. The Labute approximate surface area is 167 Å². The predicted octanol–water partition coefficient (Wildman–Crippen LogP) is 4.07. The van der Waals surface area contributed by atoms with Crippen LogP contribution in [0.25, 0.3) is 0 Å². The zero-order chi connectivity index (χ0) is 18.8. The summed E-state index contributed by atoms with van der Waals surface area (Å²) < 4.78 is 10.8. The predicted molar refractivity (Wildman–Crippen MR) is 105 cm³/mol. The van der Waals surface area contributed by atoms with Crippen LogP contribution in [0.3, 0.4) is 0 Å². The van der Waals surface area contributed by atoms with E-state index in [4.69, 9.17) is 32.7 Å². The van der Waals surface area contributed by atoms with Crippen LogP contribution in [-0.2, 0) is 6.54 Å². The third-order valence-corrected chi connectivity index (χ3v) is 5.24. The van der Waals surface area contributed by atoms with Gasteiger partial charge in [-0.05, 0) is 35.9 Å². The molecule has 1 saturated heterocycles. The van der Waals surface area contributed by atoms with Crippen molar-refractivity contribution in [3.05, 3.63) is 52.0 Å². The molecular weight excluding hydrogens is 389 g/mol. The van der Waals surface area contributed by atoms with E-state index in [-0.39, 0.29) is 12.8 Å². The van der Waals surface area contributed by atoms with Gasteiger partial charge in [0.25, 0.3) is 0 Å². The number of hydrogen-bond donors (Lipinski definition) is 1. The van der Waals surface area contributed by atoms with Crippen LogP contribution in [-0.4, -0.2) is 48.8 Å². The van der Waals surface area contributed by atoms with E-state index in [1.54, 1.807) is 23.1 Å². The average molecular weight is 408 g/mol. The summed E-state index contributed by atoms with van der Waals surface area (Å²) in [5, 5.41) is 3.83. The van der Waals surface area contributed by atoms with Crippen molar-refractivity contribution in [2.24, 2.45) is 0 Å². The summed E-state index contributed by atoms with van der Waals surface area (Å²) in [4.78, 5) is 16.6. The number of nitrogens with zero attached hydrogens (tertiary/aromatic N) is 2. The number of carbonyl (C=O) groups is 1. The molecule has 2 aromatic rings. The molecule has 1 fully saturated rings. The summed E-state index contributed by atoms with van der Waals surface area (Å²) in [6.45, 7) is 3.98. The summed E-state index contributed by atoms with van der Waals surface area (Å²) in [6, 6.07) is 10.9. The number of ether oxygens (including phenoxy) is 2. The highest BCUT2D eigenvalue weighted by Gasteiger charge is 2.22. The zero-order valence-corrected chi connectivity index (χ0v) is 16.1. The number of benzene rings is 2. The van der Waals surface area contributed by atoms with Crippen molar-refractivity contribution in [2.75, 3.05) is 38.3 Å². The molecule has 2 aliphatic rings. The van der Waals surface area contributed by atoms with E-state index in [2.05, 4.69) is 10.2 Å². The summed E-state index contributed by atoms with van der Waals surface area (Å²) in [5.74, 6) is 1.59. The Morgan fingerprint density at radius 3 is 2.59 bits per heavy atom. The molecule has 27 heavy (non-hydrogen) atoms. The van der Waals surface area contributed by atoms with Crippen molar-refractivity contribution in [2.45, 2.75) is 6.54 Å². The fourth-order valence-corrected chi connectivity index (χ4v) is 3.53. The number of piperazine rings is 1. The minimum atomic E-state index is -0.165. The van der Waals surface area contributed by atoms with Gasteiger partial charge in [-0.15, -0.1) is 0 Å². The van der Waals surface area contributed by atoms with Crippen LogP contribution in [0.5, 0.6) is 11.5 Å². The van der Waals surface area contributed by atoms with E-state index in [1.165, 1.54) is 5.56 Å². The SMILES string of the molecule is O=C(Nc1cc(Cl)ccc1Cl)N1CCN(Cc2ccc3c(c2)OCO3)CC1. The lowest BCUT2D eigenvalue weighted by Gasteiger charge is -2.34. The lowest BCUT2D eigenvalue weighted by molar-refractivity contribution is 0.143. The largest absolute Gasteiger partial charge is 0.454 e. The Hall–Kier alpha value is -2.15. The van der Waals surface area contributed by atoms with Crippen molar-refractivity contribution in [1.29, 1.82) is 0 Å². The molecule has 0 atom stereocenters. The van der Waals surface area contributed by atoms with Gasteiger partial charge in [0.15, 0.2) is 11.5 Å². The van der Waals surface area contributed by atoms with Gasteiger partial charge in [-0.25, -0.2) is 4.79 Å². The summed E-state index contributed by atoms with van der Waals surface area (Å²) in [5.41, 5.74) is 1.69. The molecule has 0 saturated carbocycles. The highest BCUT2D eigenvalue weighted by Crippen LogP contribution is 2.33. The Morgan fingerprint density at radius 2 is 1.78 bits per heavy atom. The topological polar surface area (TPSA) is 54.0 Å². The van der Waals surface area contributed by atoms with E-state index in [9.17, 15) is 4.79 Å². The Morgan fingerprint density at radius 1 is 1.00 bits per heavy atom. The molecular formula is C19H19Cl2N3O3. The molecule has 2 heterocycles. The maximum Gasteiger partial charge on any atom is 0.321 e.